The van der Waals surface area contributed by atoms with E-state index in [4.69, 9.17) is 4.42 Å². The summed E-state index contributed by atoms with van der Waals surface area (Å²) in [6.07, 6.45) is 2.15. The van der Waals surface area contributed by atoms with Gasteiger partial charge in [-0.15, -0.1) is 0 Å². The number of fused-ring (bicyclic) bond motifs is 3. The number of benzene rings is 3. The molecule has 0 unspecified atom stereocenters. The zero-order chi connectivity index (χ0) is 21.7. The van der Waals surface area contributed by atoms with E-state index in [9.17, 15) is 5.26 Å². The van der Waals surface area contributed by atoms with Gasteiger partial charge in [0, 0.05) is 28.0 Å². The number of hydrogen-bond acceptors (Lipinski definition) is 2. The highest BCUT2D eigenvalue weighted by Gasteiger charge is 2.23. The molecule has 0 aliphatic carbocycles. The Kier molecular flexibility index (Phi) is 4.38. The lowest BCUT2D eigenvalue weighted by atomic mass is 9.96. The van der Waals surface area contributed by atoms with Crippen LogP contribution in [0.25, 0.3) is 44.3 Å². The third-order valence-electron chi connectivity index (χ3n) is 6.21. The van der Waals surface area contributed by atoms with E-state index in [2.05, 4.69) is 68.9 Å². The molecule has 31 heavy (non-hydrogen) atoms. The van der Waals surface area contributed by atoms with Crippen LogP contribution in [0.5, 0.6) is 0 Å². The van der Waals surface area contributed by atoms with Crippen LogP contribution in [0.3, 0.4) is 0 Å². The van der Waals surface area contributed by atoms with E-state index in [0.29, 0.717) is 11.1 Å². The van der Waals surface area contributed by atoms with Gasteiger partial charge in [-0.05, 0) is 43.5 Å². The van der Waals surface area contributed by atoms with Crippen LogP contribution in [0, 0.1) is 32.1 Å². The fourth-order valence-electron chi connectivity index (χ4n) is 4.42. The second-order valence-electron chi connectivity index (χ2n) is 8.21. The van der Waals surface area contributed by atoms with Crippen LogP contribution < -0.4 is 4.57 Å². The first-order valence-corrected chi connectivity index (χ1v) is 10.4. The maximum atomic E-state index is 10.0. The minimum absolute atomic E-state index is 0.577. The number of hydrogen-bond donors (Lipinski definition) is 0. The molecule has 0 atom stereocenters. The van der Waals surface area contributed by atoms with Crippen LogP contribution in [0.1, 0.15) is 22.3 Å². The van der Waals surface area contributed by atoms with E-state index in [-0.39, 0.29) is 0 Å². The molecule has 0 N–H and O–H groups in total. The third kappa shape index (κ3) is 2.92. The SMILES string of the molecule is Cc1cc(-c2c(C)ccc3c2oc2c(C#N)c(-c4ccccc4)ccc23)[n+](C)cc1C. The Morgan fingerprint density at radius 3 is 2.26 bits per heavy atom. The maximum absolute atomic E-state index is 10.0. The van der Waals surface area contributed by atoms with E-state index >= 15 is 0 Å². The summed E-state index contributed by atoms with van der Waals surface area (Å²) in [6, 6.07) is 23.0. The Labute approximate surface area is 181 Å². The van der Waals surface area contributed by atoms with Gasteiger partial charge in [0.05, 0.1) is 5.56 Å². The molecule has 3 nitrogen and oxygen atoms in total. The van der Waals surface area contributed by atoms with Gasteiger partial charge in [-0.1, -0.05) is 48.5 Å². The van der Waals surface area contributed by atoms with Crippen LogP contribution in [0.2, 0.25) is 0 Å². The number of nitrogens with zero attached hydrogens (tertiary/aromatic N) is 2. The van der Waals surface area contributed by atoms with Gasteiger partial charge in [0.15, 0.2) is 11.8 Å². The highest BCUT2D eigenvalue weighted by atomic mass is 16.3. The van der Waals surface area contributed by atoms with Crippen molar-refractivity contribution < 1.29 is 8.98 Å². The summed E-state index contributed by atoms with van der Waals surface area (Å²) >= 11 is 0. The Hall–Kier alpha value is -3.90. The van der Waals surface area contributed by atoms with Gasteiger partial charge < -0.3 is 4.42 Å². The van der Waals surface area contributed by atoms with E-state index in [0.717, 1.165) is 44.3 Å². The molecule has 0 bridgehead atoms. The molecule has 5 aromatic rings. The van der Waals surface area contributed by atoms with Gasteiger partial charge in [-0.25, -0.2) is 4.57 Å². The summed E-state index contributed by atoms with van der Waals surface area (Å²) in [5.41, 5.74) is 9.78. The molecular formula is C28H23N2O+. The number of furan rings is 1. The summed E-state index contributed by atoms with van der Waals surface area (Å²) in [4.78, 5) is 0. The molecule has 150 valence electrons. The Morgan fingerprint density at radius 1 is 0.806 bits per heavy atom. The summed E-state index contributed by atoms with van der Waals surface area (Å²) < 4.78 is 8.64. The maximum Gasteiger partial charge on any atom is 0.216 e. The van der Waals surface area contributed by atoms with E-state index in [1.54, 1.807) is 0 Å². The quantitative estimate of drug-likeness (QED) is 0.314. The first kappa shape index (κ1) is 19.1. The molecule has 0 radical (unpaired) electrons. The largest absolute Gasteiger partial charge is 0.454 e. The minimum atomic E-state index is 0.577. The molecule has 5 rings (SSSR count). The predicted octanol–water partition coefficient (Wildman–Crippen LogP) is 6.54. The molecule has 0 amide bonds. The summed E-state index contributed by atoms with van der Waals surface area (Å²) in [5, 5.41) is 12.0. The Balaban J connectivity index is 1.87. The predicted molar refractivity (Wildman–Crippen MR) is 125 cm³/mol. The van der Waals surface area contributed by atoms with Gasteiger partial charge >= 0.3 is 0 Å². The van der Waals surface area contributed by atoms with E-state index in [1.165, 1.54) is 11.1 Å². The minimum Gasteiger partial charge on any atom is -0.454 e. The zero-order valence-electron chi connectivity index (χ0n) is 18.2. The standard InChI is InChI=1S/C28H23N2O/c1-17-10-11-23-22-13-12-21(20-8-6-5-7-9-20)24(15-29)27(22)31-28(23)26(17)25-14-18(2)19(3)16-30(25)4/h5-14,16H,1-4H3/q+1. The van der Waals surface area contributed by atoms with Crippen molar-refractivity contribution in [3.05, 3.63) is 89.1 Å². The summed E-state index contributed by atoms with van der Waals surface area (Å²) in [6.45, 7) is 6.36. The molecule has 2 heterocycles. The van der Waals surface area contributed by atoms with Crippen LogP contribution >= 0.6 is 0 Å². The lowest BCUT2D eigenvalue weighted by Gasteiger charge is -2.07. The Morgan fingerprint density at radius 2 is 1.52 bits per heavy atom. The topological polar surface area (TPSA) is 40.8 Å². The number of pyridine rings is 1. The lowest BCUT2D eigenvalue weighted by Crippen LogP contribution is -2.31. The second-order valence-corrected chi connectivity index (χ2v) is 8.21. The zero-order valence-corrected chi connectivity index (χ0v) is 18.2. The van der Waals surface area contributed by atoms with Crippen molar-refractivity contribution in [2.75, 3.05) is 0 Å². The van der Waals surface area contributed by atoms with Gasteiger partial charge in [-0.2, -0.15) is 5.26 Å². The lowest BCUT2D eigenvalue weighted by molar-refractivity contribution is -0.660. The van der Waals surface area contributed by atoms with Crippen LogP contribution in [-0.4, -0.2) is 0 Å². The molecule has 3 heteroatoms. The van der Waals surface area contributed by atoms with Crippen molar-refractivity contribution in [1.82, 2.24) is 0 Å². The van der Waals surface area contributed by atoms with Gasteiger partial charge in [0.2, 0.25) is 5.69 Å². The molecule has 0 fully saturated rings. The molecular weight excluding hydrogens is 380 g/mol. The molecule has 2 aromatic heterocycles. The van der Waals surface area contributed by atoms with Crippen molar-refractivity contribution in [3.63, 3.8) is 0 Å². The summed E-state index contributed by atoms with van der Waals surface area (Å²) in [7, 11) is 2.07. The number of rotatable bonds is 2. The number of nitriles is 1. The van der Waals surface area contributed by atoms with Crippen molar-refractivity contribution in [1.29, 1.82) is 5.26 Å². The molecule has 3 aromatic carbocycles. The van der Waals surface area contributed by atoms with Crippen molar-refractivity contribution in [2.45, 2.75) is 20.8 Å². The van der Waals surface area contributed by atoms with Gasteiger partial charge in [-0.3, -0.25) is 0 Å². The van der Waals surface area contributed by atoms with Crippen molar-refractivity contribution in [2.24, 2.45) is 7.05 Å². The first-order valence-electron chi connectivity index (χ1n) is 10.4. The van der Waals surface area contributed by atoms with Crippen LogP contribution in [0.4, 0.5) is 0 Å². The van der Waals surface area contributed by atoms with E-state index < -0.39 is 0 Å². The monoisotopic (exact) mass is 403 g/mol. The fraction of sp³-hybridized carbons (Fsp3) is 0.143. The fourth-order valence-corrected chi connectivity index (χ4v) is 4.42. The molecule has 0 spiro atoms. The average Bonchev–Trinajstić information content (AvgIpc) is 3.15. The summed E-state index contributed by atoms with van der Waals surface area (Å²) in [5.74, 6) is 0. The van der Waals surface area contributed by atoms with Gasteiger partial charge in [0.1, 0.15) is 24.3 Å². The Bertz CT molecular complexity index is 1520. The molecule has 0 saturated heterocycles. The van der Waals surface area contributed by atoms with Crippen LogP contribution in [0.15, 0.2) is 71.3 Å². The average molecular weight is 404 g/mol. The second kappa shape index (κ2) is 7.11. The van der Waals surface area contributed by atoms with Crippen LogP contribution in [-0.2, 0) is 7.05 Å². The smallest absolute Gasteiger partial charge is 0.216 e. The molecule has 0 aliphatic heterocycles. The number of aryl methyl sites for hydroxylation is 4. The highest BCUT2D eigenvalue weighted by molar-refractivity contribution is 6.12. The first-order chi connectivity index (χ1) is 15.0. The third-order valence-corrected chi connectivity index (χ3v) is 6.21. The molecule has 0 aliphatic rings. The molecule has 0 saturated carbocycles. The normalized spacial score (nSPS) is 11.2. The van der Waals surface area contributed by atoms with Crippen molar-refractivity contribution in [3.8, 4) is 28.5 Å². The van der Waals surface area contributed by atoms with E-state index in [1.807, 2.05) is 36.4 Å². The highest BCUT2D eigenvalue weighted by Crippen LogP contribution is 2.40. The van der Waals surface area contributed by atoms with Crippen molar-refractivity contribution >= 4 is 21.9 Å². The van der Waals surface area contributed by atoms with Gasteiger partial charge in [0.25, 0.3) is 0 Å². The number of aromatic nitrogens is 1.